The zero-order valence-electron chi connectivity index (χ0n) is 11.8. The van der Waals surface area contributed by atoms with Gasteiger partial charge in [0.25, 0.3) is 0 Å². The van der Waals surface area contributed by atoms with Crippen LogP contribution in [0.15, 0.2) is 0 Å². The zero-order chi connectivity index (χ0) is 14.0. The van der Waals surface area contributed by atoms with E-state index in [-0.39, 0.29) is 5.92 Å². The van der Waals surface area contributed by atoms with Crippen molar-refractivity contribution in [1.29, 1.82) is 0 Å². The summed E-state index contributed by atoms with van der Waals surface area (Å²) in [6.45, 7) is 7.58. The highest BCUT2D eigenvalue weighted by Crippen LogP contribution is 2.26. The van der Waals surface area contributed by atoms with E-state index in [1.807, 2.05) is 6.92 Å². The number of rotatable bonds is 3. The van der Waals surface area contributed by atoms with Gasteiger partial charge >= 0.3 is 5.97 Å². The summed E-state index contributed by atoms with van der Waals surface area (Å²) in [5, 5.41) is 9.03. The summed E-state index contributed by atoms with van der Waals surface area (Å²) in [6.07, 6.45) is 2.28. The predicted octanol–water partition coefficient (Wildman–Crippen LogP) is 1.96. The number of anilines is 1. The van der Waals surface area contributed by atoms with Gasteiger partial charge in [0.2, 0.25) is 0 Å². The number of aryl methyl sites for hydroxylation is 2. The van der Waals surface area contributed by atoms with Crippen LogP contribution in [0, 0.1) is 19.8 Å². The Bertz CT molecular complexity index is 480. The van der Waals surface area contributed by atoms with Gasteiger partial charge in [-0.25, -0.2) is 9.97 Å². The van der Waals surface area contributed by atoms with Crippen molar-refractivity contribution in [2.45, 2.75) is 40.0 Å². The molecule has 0 amide bonds. The summed E-state index contributed by atoms with van der Waals surface area (Å²) < 4.78 is 0. The lowest BCUT2D eigenvalue weighted by Gasteiger charge is -2.32. The van der Waals surface area contributed by atoms with Crippen LogP contribution >= 0.6 is 0 Å². The Labute approximate surface area is 113 Å². The molecule has 1 fully saturated rings. The van der Waals surface area contributed by atoms with Crippen LogP contribution in [0.25, 0.3) is 0 Å². The van der Waals surface area contributed by atoms with Crippen molar-refractivity contribution >= 4 is 11.8 Å². The molecule has 0 aromatic carbocycles. The summed E-state index contributed by atoms with van der Waals surface area (Å²) in [7, 11) is 0. The number of hydrogen-bond acceptors (Lipinski definition) is 4. The van der Waals surface area contributed by atoms with E-state index >= 15 is 0 Å². The first-order valence-electron chi connectivity index (χ1n) is 6.84. The molecule has 1 aliphatic rings. The Morgan fingerprint density at radius 1 is 1.32 bits per heavy atom. The van der Waals surface area contributed by atoms with Crippen molar-refractivity contribution in [3.05, 3.63) is 17.1 Å². The van der Waals surface area contributed by atoms with E-state index in [2.05, 4.69) is 28.7 Å². The maximum atomic E-state index is 11.0. The third-order valence-corrected chi connectivity index (χ3v) is 3.81. The monoisotopic (exact) mass is 263 g/mol. The van der Waals surface area contributed by atoms with E-state index in [1.165, 1.54) is 0 Å². The van der Waals surface area contributed by atoms with Crippen molar-refractivity contribution in [3.8, 4) is 0 Å². The number of nitrogens with zero attached hydrogens (tertiary/aromatic N) is 3. The van der Waals surface area contributed by atoms with Crippen LogP contribution in [-0.4, -0.2) is 34.1 Å². The molecule has 19 heavy (non-hydrogen) atoms. The van der Waals surface area contributed by atoms with Gasteiger partial charge in [0.1, 0.15) is 11.6 Å². The van der Waals surface area contributed by atoms with E-state index in [0.717, 1.165) is 42.4 Å². The van der Waals surface area contributed by atoms with Gasteiger partial charge in [0, 0.05) is 24.3 Å². The Balaban J connectivity index is 2.20. The van der Waals surface area contributed by atoms with Crippen molar-refractivity contribution in [2.75, 3.05) is 18.0 Å². The number of piperidine rings is 1. The maximum absolute atomic E-state index is 11.0. The van der Waals surface area contributed by atoms with E-state index in [9.17, 15) is 4.79 Å². The summed E-state index contributed by atoms with van der Waals surface area (Å²) in [5.74, 6) is 0.889. The van der Waals surface area contributed by atoms with Gasteiger partial charge in [-0.05, 0) is 33.1 Å². The van der Waals surface area contributed by atoms with E-state index in [0.29, 0.717) is 12.8 Å². The molecule has 5 nitrogen and oxygen atoms in total. The van der Waals surface area contributed by atoms with Gasteiger partial charge in [-0.15, -0.1) is 0 Å². The number of hydrogen-bond donors (Lipinski definition) is 1. The van der Waals surface area contributed by atoms with Gasteiger partial charge < -0.3 is 10.0 Å². The predicted molar refractivity (Wildman–Crippen MR) is 73.5 cm³/mol. The van der Waals surface area contributed by atoms with Crippen molar-refractivity contribution in [3.63, 3.8) is 0 Å². The Hall–Kier alpha value is -1.65. The van der Waals surface area contributed by atoms with Crippen LogP contribution in [0.1, 0.15) is 36.8 Å². The Morgan fingerprint density at radius 2 is 1.95 bits per heavy atom. The summed E-state index contributed by atoms with van der Waals surface area (Å²) in [4.78, 5) is 22.2. The molecule has 0 atom stereocenters. The molecule has 0 aliphatic carbocycles. The molecule has 104 valence electrons. The fourth-order valence-electron chi connectivity index (χ4n) is 2.66. The van der Waals surface area contributed by atoms with Crippen LogP contribution < -0.4 is 4.90 Å². The van der Waals surface area contributed by atoms with Crippen LogP contribution in [0.2, 0.25) is 0 Å². The highest BCUT2D eigenvalue weighted by atomic mass is 16.4. The van der Waals surface area contributed by atoms with Gasteiger partial charge in [0.05, 0.1) is 5.92 Å². The summed E-state index contributed by atoms with van der Waals surface area (Å²) in [5.41, 5.74) is 2.21. The summed E-state index contributed by atoms with van der Waals surface area (Å²) in [6, 6.07) is 0. The number of carbonyl (C=O) groups is 1. The molecule has 0 bridgehead atoms. The van der Waals surface area contributed by atoms with Gasteiger partial charge in [-0.3, -0.25) is 4.79 Å². The number of aromatic nitrogens is 2. The molecular formula is C14H21N3O2. The smallest absolute Gasteiger partial charge is 0.306 e. The van der Waals surface area contributed by atoms with E-state index in [1.54, 1.807) is 0 Å². The second-order valence-corrected chi connectivity index (χ2v) is 5.12. The fraction of sp³-hybridized carbons (Fsp3) is 0.643. The molecule has 1 saturated heterocycles. The molecule has 2 heterocycles. The third-order valence-electron chi connectivity index (χ3n) is 3.81. The highest BCUT2D eigenvalue weighted by Gasteiger charge is 2.26. The van der Waals surface area contributed by atoms with Gasteiger partial charge in [-0.1, -0.05) is 6.92 Å². The van der Waals surface area contributed by atoms with Crippen LogP contribution in [0.4, 0.5) is 5.82 Å². The molecule has 0 unspecified atom stereocenters. The van der Waals surface area contributed by atoms with Crippen molar-refractivity contribution in [2.24, 2.45) is 5.92 Å². The summed E-state index contributed by atoms with van der Waals surface area (Å²) >= 11 is 0. The Kier molecular flexibility index (Phi) is 4.02. The molecule has 1 N–H and O–H groups in total. The molecule has 5 heteroatoms. The topological polar surface area (TPSA) is 66.3 Å². The molecular weight excluding hydrogens is 242 g/mol. The average Bonchev–Trinajstić information content (AvgIpc) is 2.41. The first-order chi connectivity index (χ1) is 9.02. The van der Waals surface area contributed by atoms with Crippen LogP contribution in [0.3, 0.4) is 0 Å². The van der Waals surface area contributed by atoms with E-state index in [4.69, 9.17) is 5.11 Å². The van der Waals surface area contributed by atoms with E-state index < -0.39 is 5.97 Å². The quantitative estimate of drug-likeness (QED) is 0.903. The molecule has 0 radical (unpaired) electrons. The second kappa shape index (κ2) is 5.55. The minimum Gasteiger partial charge on any atom is -0.481 e. The Morgan fingerprint density at radius 3 is 2.47 bits per heavy atom. The molecule has 2 rings (SSSR count). The molecule has 1 aliphatic heterocycles. The second-order valence-electron chi connectivity index (χ2n) is 5.12. The van der Waals surface area contributed by atoms with Gasteiger partial charge in [0.15, 0.2) is 0 Å². The number of carboxylic acid groups (broad SMARTS) is 1. The lowest BCUT2D eigenvalue weighted by atomic mass is 9.97. The molecule has 1 aromatic heterocycles. The normalized spacial score (nSPS) is 16.7. The first kappa shape index (κ1) is 13.8. The highest BCUT2D eigenvalue weighted by molar-refractivity contribution is 5.70. The average molecular weight is 263 g/mol. The largest absolute Gasteiger partial charge is 0.481 e. The lowest BCUT2D eigenvalue weighted by molar-refractivity contribution is -0.142. The minimum atomic E-state index is -0.676. The lowest BCUT2D eigenvalue weighted by Crippen LogP contribution is -2.37. The van der Waals surface area contributed by atoms with Crippen LogP contribution in [0.5, 0.6) is 0 Å². The third kappa shape index (κ3) is 2.85. The minimum absolute atomic E-state index is 0.204. The van der Waals surface area contributed by atoms with Gasteiger partial charge in [-0.2, -0.15) is 0 Å². The molecule has 0 saturated carbocycles. The molecule has 1 aromatic rings. The standard InChI is InChI=1S/C14H21N3O2/c1-4-12-9(2)13(16-10(3)15-12)17-7-5-11(6-8-17)14(18)19/h11H,4-8H2,1-3H3,(H,18,19). The van der Waals surface area contributed by atoms with Crippen LogP contribution in [-0.2, 0) is 11.2 Å². The molecule has 0 spiro atoms. The van der Waals surface area contributed by atoms with Crippen molar-refractivity contribution < 1.29 is 9.90 Å². The number of carboxylic acids is 1. The maximum Gasteiger partial charge on any atom is 0.306 e. The SMILES string of the molecule is CCc1nc(C)nc(N2CCC(C(=O)O)CC2)c1C. The number of aliphatic carboxylic acids is 1. The fourth-order valence-corrected chi connectivity index (χ4v) is 2.66. The first-order valence-corrected chi connectivity index (χ1v) is 6.84. The van der Waals surface area contributed by atoms with Crippen molar-refractivity contribution in [1.82, 2.24) is 9.97 Å². The zero-order valence-corrected chi connectivity index (χ0v) is 11.8.